The molecule has 2 amide bonds. The maximum Gasteiger partial charge on any atom is 0.410 e. The topological polar surface area (TPSA) is 84.0 Å². The highest BCUT2D eigenvalue weighted by atomic mass is 32.1. The van der Waals surface area contributed by atoms with Crippen molar-refractivity contribution in [3.8, 4) is 0 Å². The van der Waals surface area contributed by atoms with E-state index in [1.54, 1.807) is 11.1 Å². The maximum atomic E-state index is 12.5. The number of anilines is 2. The second-order valence-corrected chi connectivity index (χ2v) is 8.51. The van der Waals surface area contributed by atoms with E-state index in [9.17, 15) is 9.59 Å². The van der Waals surface area contributed by atoms with Crippen LogP contribution in [0.25, 0.3) is 0 Å². The van der Waals surface area contributed by atoms with Gasteiger partial charge in [-0.3, -0.25) is 4.79 Å². The van der Waals surface area contributed by atoms with E-state index >= 15 is 0 Å². The molecule has 8 nitrogen and oxygen atoms in total. The molecule has 2 aliphatic rings. The molecule has 0 aliphatic carbocycles. The van der Waals surface area contributed by atoms with Crippen molar-refractivity contribution in [3.05, 3.63) is 6.20 Å². The summed E-state index contributed by atoms with van der Waals surface area (Å²) in [5.41, 5.74) is -0.534. The van der Waals surface area contributed by atoms with E-state index in [0.29, 0.717) is 37.9 Å². The van der Waals surface area contributed by atoms with Crippen molar-refractivity contribution in [2.45, 2.75) is 32.8 Å². The number of nitrogens with zero attached hydrogens (tertiary/aromatic N) is 3. The van der Waals surface area contributed by atoms with Crippen LogP contribution < -0.4 is 10.2 Å². The Morgan fingerprint density at radius 1 is 1.31 bits per heavy atom. The molecule has 0 unspecified atom stereocenters. The molecular formula is C17H26N4O4S. The molecule has 3 rings (SSSR count). The van der Waals surface area contributed by atoms with E-state index in [-0.39, 0.29) is 17.9 Å². The van der Waals surface area contributed by atoms with Gasteiger partial charge in [0.2, 0.25) is 5.91 Å². The monoisotopic (exact) mass is 382 g/mol. The Bertz CT molecular complexity index is 651. The van der Waals surface area contributed by atoms with Crippen LogP contribution in [0.2, 0.25) is 0 Å². The van der Waals surface area contributed by atoms with Crippen molar-refractivity contribution in [2.24, 2.45) is 5.92 Å². The molecule has 3 heterocycles. The van der Waals surface area contributed by atoms with E-state index in [4.69, 9.17) is 9.47 Å². The Morgan fingerprint density at radius 3 is 2.73 bits per heavy atom. The van der Waals surface area contributed by atoms with Gasteiger partial charge in [-0.2, -0.15) is 0 Å². The van der Waals surface area contributed by atoms with E-state index in [0.717, 1.165) is 18.1 Å². The summed E-state index contributed by atoms with van der Waals surface area (Å²) in [4.78, 5) is 32.7. The van der Waals surface area contributed by atoms with E-state index in [2.05, 4.69) is 15.2 Å². The summed E-state index contributed by atoms with van der Waals surface area (Å²) in [7, 11) is 0. The summed E-state index contributed by atoms with van der Waals surface area (Å²) in [5, 5.41) is 4.51. The molecule has 0 saturated carbocycles. The highest BCUT2D eigenvalue weighted by Crippen LogP contribution is 2.29. The third-order valence-electron chi connectivity index (χ3n) is 4.26. The molecule has 2 aliphatic heterocycles. The molecule has 0 bridgehead atoms. The average Bonchev–Trinajstić information content (AvgIpc) is 3.23. The van der Waals surface area contributed by atoms with Gasteiger partial charge in [-0.05, 0) is 27.2 Å². The molecule has 0 aromatic carbocycles. The van der Waals surface area contributed by atoms with Gasteiger partial charge >= 0.3 is 6.09 Å². The lowest BCUT2D eigenvalue weighted by Gasteiger charge is -2.26. The molecule has 144 valence electrons. The molecule has 1 aromatic heterocycles. The van der Waals surface area contributed by atoms with Crippen LogP contribution in [0, 0.1) is 5.92 Å². The van der Waals surface area contributed by atoms with Crippen molar-refractivity contribution in [1.82, 2.24) is 9.88 Å². The van der Waals surface area contributed by atoms with Crippen molar-refractivity contribution < 1.29 is 19.1 Å². The van der Waals surface area contributed by atoms with Crippen LogP contribution in [0.3, 0.4) is 0 Å². The van der Waals surface area contributed by atoms with Gasteiger partial charge in [-0.15, -0.1) is 0 Å². The molecule has 2 saturated heterocycles. The largest absolute Gasteiger partial charge is 0.444 e. The molecule has 2 fully saturated rings. The molecule has 1 atom stereocenters. The highest BCUT2D eigenvalue weighted by molar-refractivity contribution is 7.19. The summed E-state index contributed by atoms with van der Waals surface area (Å²) in [6.45, 7) is 9.50. The van der Waals surface area contributed by atoms with Crippen molar-refractivity contribution >= 4 is 33.5 Å². The number of hydrogen-bond acceptors (Lipinski definition) is 7. The third kappa shape index (κ3) is 4.85. The van der Waals surface area contributed by atoms with E-state index in [1.165, 1.54) is 11.3 Å². The molecule has 0 spiro atoms. The standard InChI is InChI=1S/C17H26N4O4S/c1-17(2,3)25-16(23)21-5-4-12(11-21)14(22)19-15-18-10-13(26-15)20-6-8-24-9-7-20/h10,12H,4-9,11H2,1-3H3,(H,18,19,22)/t12-/m0/s1. The van der Waals surface area contributed by atoms with Gasteiger partial charge in [0.1, 0.15) is 10.6 Å². The third-order valence-corrected chi connectivity index (χ3v) is 5.23. The van der Waals surface area contributed by atoms with E-state index < -0.39 is 5.60 Å². The van der Waals surface area contributed by atoms with Gasteiger partial charge in [-0.25, -0.2) is 9.78 Å². The number of amides is 2. The summed E-state index contributed by atoms with van der Waals surface area (Å²) in [5.74, 6) is -0.336. The Kier molecular flexibility index (Phi) is 5.67. The minimum absolute atomic E-state index is 0.0982. The number of hydrogen-bond donors (Lipinski definition) is 1. The summed E-state index contributed by atoms with van der Waals surface area (Å²) >= 11 is 1.46. The van der Waals surface area contributed by atoms with Crippen molar-refractivity contribution in [3.63, 3.8) is 0 Å². The number of aromatic nitrogens is 1. The molecule has 1 aromatic rings. The smallest absolute Gasteiger partial charge is 0.410 e. The Morgan fingerprint density at radius 2 is 2.04 bits per heavy atom. The first kappa shape index (κ1) is 18.9. The molecule has 1 N–H and O–H groups in total. The van der Waals surface area contributed by atoms with Crippen LogP contribution in [-0.2, 0) is 14.3 Å². The summed E-state index contributed by atoms with van der Waals surface area (Å²) in [6.07, 6.45) is 2.05. The number of morpholine rings is 1. The second kappa shape index (κ2) is 7.79. The summed E-state index contributed by atoms with van der Waals surface area (Å²) < 4.78 is 10.7. The molecule has 26 heavy (non-hydrogen) atoms. The first-order valence-corrected chi connectivity index (χ1v) is 9.71. The van der Waals surface area contributed by atoms with Crippen LogP contribution in [0.1, 0.15) is 27.2 Å². The van der Waals surface area contributed by atoms with E-state index in [1.807, 2.05) is 20.8 Å². The fourth-order valence-electron chi connectivity index (χ4n) is 2.93. The maximum absolute atomic E-state index is 12.5. The van der Waals surface area contributed by atoms with Gasteiger partial charge in [0.05, 0.1) is 25.3 Å². The van der Waals surface area contributed by atoms with Crippen LogP contribution >= 0.6 is 11.3 Å². The lowest BCUT2D eigenvalue weighted by molar-refractivity contribution is -0.119. The number of ether oxygens (including phenoxy) is 2. The normalized spacial score (nSPS) is 21.0. The number of thiazole rings is 1. The lowest BCUT2D eigenvalue weighted by atomic mass is 10.1. The minimum atomic E-state index is -0.534. The zero-order valence-electron chi connectivity index (χ0n) is 15.5. The molecular weight excluding hydrogens is 356 g/mol. The van der Waals surface area contributed by atoms with Gasteiger partial charge in [0.25, 0.3) is 0 Å². The SMILES string of the molecule is CC(C)(C)OC(=O)N1CC[C@H](C(=O)Nc2ncc(N3CCOCC3)s2)C1. The Labute approximate surface area is 157 Å². The van der Waals surface area contributed by atoms with Gasteiger partial charge < -0.3 is 24.6 Å². The van der Waals surface area contributed by atoms with Gasteiger partial charge in [0.15, 0.2) is 5.13 Å². The summed E-state index contributed by atoms with van der Waals surface area (Å²) in [6, 6.07) is 0. The van der Waals surface area contributed by atoms with Gasteiger partial charge in [-0.1, -0.05) is 11.3 Å². The van der Waals surface area contributed by atoms with Crippen LogP contribution in [-0.4, -0.2) is 66.9 Å². The van der Waals surface area contributed by atoms with Crippen molar-refractivity contribution in [1.29, 1.82) is 0 Å². The predicted octanol–water partition coefficient (Wildman–Crippen LogP) is 2.18. The Hall–Kier alpha value is -1.87. The number of carbonyl (C=O) groups excluding carboxylic acids is 2. The highest BCUT2D eigenvalue weighted by Gasteiger charge is 2.33. The van der Waals surface area contributed by atoms with Crippen LogP contribution in [0.15, 0.2) is 6.20 Å². The van der Waals surface area contributed by atoms with Gasteiger partial charge in [0, 0.05) is 26.2 Å². The van der Waals surface area contributed by atoms with Crippen molar-refractivity contribution in [2.75, 3.05) is 49.6 Å². The first-order chi connectivity index (χ1) is 12.3. The Balaban J connectivity index is 1.51. The molecule has 9 heteroatoms. The lowest BCUT2D eigenvalue weighted by Crippen LogP contribution is -2.36. The zero-order valence-corrected chi connectivity index (χ0v) is 16.3. The number of nitrogens with one attached hydrogen (secondary N) is 1. The fourth-order valence-corrected chi connectivity index (χ4v) is 3.80. The quantitative estimate of drug-likeness (QED) is 0.863. The average molecular weight is 382 g/mol. The molecule has 0 radical (unpaired) electrons. The second-order valence-electron chi connectivity index (χ2n) is 7.50. The predicted molar refractivity (Wildman–Crippen MR) is 99.7 cm³/mol. The number of likely N-dealkylation sites (tertiary alicyclic amines) is 1. The first-order valence-electron chi connectivity index (χ1n) is 8.89. The number of rotatable bonds is 3. The van der Waals surface area contributed by atoms with Crippen LogP contribution in [0.4, 0.5) is 14.9 Å². The zero-order chi connectivity index (χ0) is 18.7. The number of carbonyl (C=O) groups is 2. The van der Waals surface area contributed by atoms with Crippen LogP contribution in [0.5, 0.6) is 0 Å². The fraction of sp³-hybridized carbons (Fsp3) is 0.706. The minimum Gasteiger partial charge on any atom is -0.444 e.